The third-order valence-corrected chi connectivity index (χ3v) is 16.6. The van der Waals surface area contributed by atoms with Gasteiger partial charge in [-0.15, -0.1) is 0 Å². The summed E-state index contributed by atoms with van der Waals surface area (Å²) in [6, 6.07) is 69.3. The highest BCUT2D eigenvalue weighted by Gasteiger charge is 2.24. The molecule has 0 spiro atoms. The van der Waals surface area contributed by atoms with Crippen LogP contribution in [0.15, 0.2) is 194 Å². The van der Waals surface area contributed by atoms with Crippen LogP contribution in [0.3, 0.4) is 0 Å². The summed E-state index contributed by atoms with van der Waals surface area (Å²) in [4.78, 5) is 0. The first-order chi connectivity index (χ1) is 36.0. The van der Waals surface area contributed by atoms with Gasteiger partial charge in [-0.2, -0.15) is 0 Å². The van der Waals surface area contributed by atoms with Crippen LogP contribution in [0.2, 0.25) is 0 Å². The monoisotopic (exact) mass is 980 g/mol. The number of rotatable bonds is 11. The van der Waals surface area contributed by atoms with E-state index in [1.807, 2.05) is 0 Å². The lowest BCUT2D eigenvalue weighted by Crippen LogP contribution is -2.24. The quantitative estimate of drug-likeness (QED) is 0.120. The summed E-state index contributed by atoms with van der Waals surface area (Å²) in [5, 5.41) is 3.86. The van der Waals surface area contributed by atoms with E-state index in [0.29, 0.717) is 45.1 Å². The van der Waals surface area contributed by atoms with Gasteiger partial charge in [0.15, 0.2) is 0 Å². The van der Waals surface area contributed by atoms with Crippen molar-refractivity contribution < 1.29 is 28.4 Å². The molecule has 0 atom stereocenters. The molecule has 10 rings (SSSR count). The van der Waals surface area contributed by atoms with E-state index in [-0.39, 0.29) is 0 Å². The van der Waals surface area contributed by atoms with Crippen molar-refractivity contribution in [3.63, 3.8) is 0 Å². The highest BCUT2D eigenvalue weighted by molar-refractivity contribution is 7.79. The Morgan fingerprint density at radius 1 is 0.274 bits per heavy atom. The Morgan fingerprint density at radius 3 is 0.795 bits per heavy atom. The molecule has 0 aromatic heterocycles. The lowest BCUT2D eigenvalue weighted by molar-refractivity contribution is 0.301. The minimum atomic E-state index is -0.867. The van der Waals surface area contributed by atoms with Crippen molar-refractivity contribution >= 4 is 23.8 Å². The first-order valence-electron chi connectivity index (χ1n) is 24.9. The summed E-state index contributed by atoms with van der Waals surface area (Å²) in [7, 11) is 7.97. The normalized spacial score (nSPS) is 12.3. The topological polar surface area (TPSA) is 55.4 Å². The van der Waals surface area contributed by atoms with E-state index in [2.05, 4.69) is 194 Å². The standard InChI is InChI=1S/C66H61O6P/c1-67-61-45-21-14-22-46(61)39-48-24-16-26-50(63(48)69-3)41-52-28-18-30-54(65(52)71-5)43-56-32-19-31-55(42-53-29-17-27-51(64(53)70-4)40-49-25-15-23-47(38-45)62(49)68-2)66(56)72-44-57-20-12-13-37-60(57)73(58-33-8-6-9-34-58)59-35-10-7-11-36-59/h6-37H,38-44H2,1-5H3. The van der Waals surface area contributed by atoms with Crippen molar-refractivity contribution in [1.29, 1.82) is 0 Å². The number of fused-ring (bicyclic) bond motifs is 12. The number of ether oxygens (including phenoxy) is 6. The largest absolute Gasteiger partial charge is 0.496 e. The van der Waals surface area contributed by atoms with Gasteiger partial charge in [0, 0.05) is 38.5 Å². The number of hydrogen-bond donors (Lipinski definition) is 0. The van der Waals surface area contributed by atoms with Gasteiger partial charge < -0.3 is 28.4 Å². The van der Waals surface area contributed by atoms with Gasteiger partial charge in [-0.05, 0) is 96.2 Å². The summed E-state index contributed by atoms with van der Waals surface area (Å²) in [6.07, 6.45) is 3.66. The van der Waals surface area contributed by atoms with Gasteiger partial charge in [0.1, 0.15) is 41.1 Å². The van der Waals surface area contributed by atoms with E-state index >= 15 is 0 Å². The molecule has 0 N–H and O–H groups in total. The molecule has 1 aliphatic carbocycles. The number of methoxy groups -OCH3 is 5. The lowest BCUT2D eigenvalue weighted by atomic mass is 9.91. The van der Waals surface area contributed by atoms with Crippen LogP contribution in [0.5, 0.6) is 34.5 Å². The number of benzene rings is 9. The predicted octanol–water partition coefficient (Wildman–Crippen LogP) is 12.9. The molecule has 0 saturated carbocycles. The molecule has 12 bridgehead atoms. The Labute approximate surface area is 431 Å². The molecule has 1 aliphatic rings. The van der Waals surface area contributed by atoms with E-state index < -0.39 is 7.92 Å². The highest BCUT2D eigenvalue weighted by atomic mass is 31.1. The molecule has 0 saturated heterocycles. The average Bonchev–Trinajstić information content (AvgIpc) is 3.42. The Kier molecular flexibility index (Phi) is 15.2. The van der Waals surface area contributed by atoms with E-state index in [9.17, 15) is 0 Å². The zero-order valence-corrected chi connectivity index (χ0v) is 43.2. The molecule has 6 nitrogen and oxygen atoms in total. The fourth-order valence-corrected chi connectivity index (χ4v) is 13.3. The van der Waals surface area contributed by atoms with Gasteiger partial charge in [0.2, 0.25) is 0 Å². The first-order valence-corrected chi connectivity index (χ1v) is 26.3. The van der Waals surface area contributed by atoms with Gasteiger partial charge in [-0.1, -0.05) is 194 Å². The molecule has 0 radical (unpaired) electrons. The van der Waals surface area contributed by atoms with Crippen molar-refractivity contribution in [3.05, 3.63) is 266 Å². The van der Waals surface area contributed by atoms with E-state index in [1.54, 1.807) is 35.5 Å². The smallest absolute Gasteiger partial charge is 0.126 e. The molecule has 0 fully saturated rings. The lowest BCUT2D eigenvalue weighted by Gasteiger charge is -2.24. The highest BCUT2D eigenvalue weighted by Crippen LogP contribution is 2.41. The van der Waals surface area contributed by atoms with Crippen molar-refractivity contribution in [2.24, 2.45) is 0 Å². The third-order valence-electron chi connectivity index (χ3n) is 14.0. The molecule has 366 valence electrons. The Bertz CT molecular complexity index is 3160. The van der Waals surface area contributed by atoms with E-state index in [1.165, 1.54) is 15.9 Å². The molecule has 0 aliphatic heterocycles. The van der Waals surface area contributed by atoms with Crippen LogP contribution in [0, 0.1) is 0 Å². The summed E-state index contributed by atoms with van der Waals surface area (Å²) in [5.74, 6) is 5.14. The fraction of sp³-hybridized carbons (Fsp3) is 0.182. The SMILES string of the molecule is COc1c2cccc1Cc1cccc(c1OC)Cc1cccc(c1OC)Cc1cccc(c1OCc1ccccc1P(c1ccccc1)c1ccccc1)Cc1cccc(c1OC)Cc1cccc(c1OC)C2. The molecular weight excluding hydrogens is 920 g/mol. The Balaban J connectivity index is 1.11. The summed E-state index contributed by atoms with van der Waals surface area (Å²) in [6.45, 7) is 0.384. The Morgan fingerprint density at radius 2 is 0.521 bits per heavy atom. The molecule has 0 unspecified atom stereocenters. The average molecular weight is 981 g/mol. The van der Waals surface area contributed by atoms with E-state index in [0.717, 1.165) is 107 Å². The minimum Gasteiger partial charge on any atom is -0.496 e. The number of para-hydroxylation sites is 6. The molecule has 73 heavy (non-hydrogen) atoms. The van der Waals surface area contributed by atoms with Crippen LogP contribution < -0.4 is 44.3 Å². The van der Waals surface area contributed by atoms with Crippen molar-refractivity contribution in [1.82, 2.24) is 0 Å². The van der Waals surface area contributed by atoms with Crippen LogP contribution in [-0.2, 0) is 45.1 Å². The molecule has 9 aromatic rings. The maximum Gasteiger partial charge on any atom is 0.126 e. The molecule has 0 heterocycles. The van der Waals surface area contributed by atoms with Crippen molar-refractivity contribution in [2.45, 2.75) is 45.1 Å². The molecule has 0 amide bonds. The Hall–Kier alpha value is -7.79. The van der Waals surface area contributed by atoms with Gasteiger partial charge in [-0.25, -0.2) is 0 Å². The second-order valence-electron chi connectivity index (χ2n) is 18.4. The maximum absolute atomic E-state index is 7.31. The minimum absolute atomic E-state index is 0.384. The van der Waals surface area contributed by atoms with Gasteiger partial charge in [0.05, 0.1) is 35.5 Å². The molecule has 7 heteroatoms. The zero-order valence-electron chi connectivity index (χ0n) is 42.3. The van der Waals surface area contributed by atoms with Crippen LogP contribution >= 0.6 is 7.92 Å². The molecular formula is C66H61O6P. The zero-order chi connectivity index (χ0) is 50.1. The summed E-state index contributed by atoms with van der Waals surface area (Å²) in [5.41, 5.74) is 14.1. The second kappa shape index (κ2) is 22.7. The van der Waals surface area contributed by atoms with Crippen LogP contribution in [0.4, 0.5) is 0 Å². The maximum atomic E-state index is 7.31. The van der Waals surface area contributed by atoms with Gasteiger partial charge >= 0.3 is 0 Å². The van der Waals surface area contributed by atoms with Crippen molar-refractivity contribution in [2.75, 3.05) is 35.5 Å². The summed E-state index contributed by atoms with van der Waals surface area (Å²) < 4.78 is 38.9. The van der Waals surface area contributed by atoms with Gasteiger partial charge in [0.25, 0.3) is 0 Å². The molecule has 9 aromatic carbocycles. The fourth-order valence-electron chi connectivity index (χ4n) is 10.8. The van der Waals surface area contributed by atoms with Crippen LogP contribution in [-0.4, -0.2) is 35.5 Å². The first kappa shape index (κ1) is 48.8. The summed E-state index contributed by atoms with van der Waals surface area (Å²) >= 11 is 0. The van der Waals surface area contributed by atoms with Crippen LogP contribution in [0.25, 0.3) is 0 Å². The van der Waals surface area contributed by atoms with Crippen LogP contribution in [0.1, 0.15) is 72.3 Å². The number of hydrogen-bond acceptors (Lipinski definition) is 6. The van der Waals surface area contributed by atoms with Gasteiger partial charge in [-0.3, -0.25) is 0 Å². The third kappa shape index (κ3) is 10.4. The predicted molar refractivity (Wildman–Crippen MR) is 298 cm³/mol. The van der Waals surface area contributed by atoms with Crippen molar-refractivity contribution in [3.8, 4) is 34.5 Å². The second-order valence-corrected chi connectivity index (χ2v) is 20.6. The van der Waals surface area contributed by atoms with E-state index in [4.69, 9.17) is 28.4 Å².